The zero-order valence-corrected chi connectivity index (χ0v) is 32.1. The number of rotatable bonds is 4. The first-order valence-electron chi connectivity index (χ1n) is 18.4. The van der Waals surface area contributed by atoms with Crippen LogP contribution in [0.5, 0.6) is 0 Å². The number of furan rings is 1. The summed E-state index contributed by atoms with van der Waals surface area (Å²) in [5.41, 5.74) is 13.9. The van der Waals surface area contributed by atoms with Gasteiger partial charge in [0.2, 0.25) is 17.4 Å². The zero-order chi connectivity index (χ0) is 35.8. The second-order valence-corrected chi connectivity index (χ2v) is 21.4. The van der Waals surface area contributed by atoms with Gasteiger partial charge in [0.25, 0.3) is 0 Å². The van der Waals surface area contributed by atoms with Gasteiger partial charge in [0, 0.05) is 38.7 Å². The van der Waals surface area contributed by atoms with Crippen molar-refractivity contribution in [3.05, 3.63) is 138 Å². The number of aromatic nitrogens is 2. The molecule has 0 fully saturated rings. The monoisotopic (exact) mass is 686 g/mol. The molecule has 5 heteroatoms. The van der Waals surface area contributed by atoms with E-state index in [1.54, 1.807) is 0 Å². The van der Waals surface area contributed by atoms with Crippen LogP contribution in [0.2, 0.25) is 19.6 Å². The lowest BCUT2D eigenvalue weighted by atomic mass is 9.77. The van der Waals surface area contributed by atoms with E-state index in [1.807, 2.05) is 24.3 Å². The van der Waals surface area contributed by atoms with Crippen molar-refractivity contribution in [2.75, 3.05) is 0 Å². The van der Waals surface area contributed by atoms with Crippen molar-refractivity contribution in [1.82, 2.24) is 4.98 Å². The SMILES string of the molecule is C=CC1=NC(=C)C2C(CCc3cc(C(C)(C)C)c4c(oc5nc(-c6ccccc6)ccc54)c31)c1ccccc1-c1cc(CC)c([Si](C)(C)C)c[n+]12. The van der Waals surface area contributed by atoms with Gasteiger partial charge in [-0.1, -0.05) is 115 Å². The Morgan fingerprint density at radius 3 is 2.43 bits per heavy atom. The topological polar surface area (TPSA) is 42.3 Å². The average molecular weight is 687 g/mol. The number of hydrogen-bond acceptors (Lipinski definition) is 3. The fourth-order valence-corrected chi connectivity index (χ4v) is 10.3. The molecule has 8 rings (SSSR count). The molecule has 256 valence electrons. The summed E-state index contributed by atoms with van der Waals surface area (Å²) < 4.78 is 9.42. The lowest BCUT2D eigenvalue weighted by Gasteiger charge is -2.32. The molecule has 5 heterocycles. The molecule has 2 unspecified atom stereocenters. The molecule has 0 spiro atoms. The Morgan fingerprint density at radius 1 is 0.980 bits per heavy atom. The van der Waals surface area contributed by atoms with Gasteiger partial charge in [0.05, 0.1) is 25.4 Å². The Kier molecular flexibility index (Phi) is 7.91. The van der Waals surface area contributed by atoms with Crippen LogP contribution in [0.25, 0.3) is 44.6 Å². The summed E-state index contributed by atoms with van der Waals surface area (Å²) in [7, 11) is -1.65. The van der Waals surface area contributed by atoms with Crippen molar-refractivity contribution in [2.45, 2.75) is 84.0 Å². The fourth-order valence-electron chi connectivity index (χ4n) is 8.61. The van der Waals surface area contributed by atoms with Crippen LogP contribution in [0.4, 0.5) is 0 Å². The van der Waals surface area contributed by atoms with Gasteiger partial charge in [-0.25, -0.2) is 9.98 Å². The lowest BCUT2D eigenvalue weighted by molar-refractivity contribution is -0.708. The highest BCUT2D eigenvalue weighted by atomic mass is 28.3. The second-order valence-electron chi connectivity index (χ2n) is 16.4. The van der Waals surface area contributed by atoms with Gasteiger partial charge in [-0.15, -0.1) is 0 Å². The van der Waals surface area contributed by atoms with Crippen LogP contribution >= 0.6 is 0 Å². The first-order chi connectivity index (χ1) is 24.4. The van der Waals surface area contributed by atoms with E-state index in [4.69, 9.17) is 21.0 Å². The molecule has 0 radical (unpaired) electrons. The maximum absolute atomic E-state index is 6.89. The molecule has 2 aliphatic rings. The van der Waals surface area contributed by atoms with Crippen molar-refractivity contribution in [3.63, 3.8) is 0 Å². The number of pyridine rings is 2. The van der Waals surface area contributed by atoms with Crippen molar-refractivity contribution < 1.29 is 8.98 Å². The summed E-state index contributed by atoms with van der Waals surface area (Å²) >= 11 is 0. The van der Waals surface area contributed by atoms with Crippen LogP contribution in [0.1, 0.15) is 73.9 Å². The fraction of sp³-hybridized carbons (Fsp3) is 0.283. The molecule has 2 atom stereocenters. The van der Waals surface area contributed by atoms with E-state index < -0.39 is 8.07 Å². The Morgan fingerprint density at radius 2 is 1.73 bits per heavy atom. The third-order valence-electron chi connectivity index (χ3n) is 11.1. The highest BCUT2D eigenvalue weighted by Gasteiger charge is 2.44. The Bertz CT molecular complexity index is 2420. The molecule has 0 N–H and O–H groups in total. The standard InChI is InChI=1S/C46H48N3OSi/c1-10-29-26-39-33-20-16-15-19-32(33)34-22-21-31-25-36(46(4,5)6)42-35-23-24-38(30-17-13-12-14-18-30)48-45(35)50-44(42)41(31)37(11-2)47-28(3)43(34)49(39)27-40(29)51(7,8)9/h11-20,23-27,34,43H,2-3,10,21-22H2,1,4-9H3/q+1. The van der Waals surface area contributed by atoms with Gasteiger partial charge in [0.1, 0.15) is 11.3 Å². The van der Waals surface area contributed by atoms with Crippen molar-refractivity contribution in [2.24, 2.45) is 4.99 Å². The Balaban J connectivity index is 1.39. The number of aryl methyl sites for hydroxylation is 2. The predicted octanol–water partition coefficient (Wildman–Crippen LogP) is 10.8. The summed E-state index contributed by atoms with van der Waals surface area (Å²) in [5, 5.41) is 3.64. The molecule has 0 bridgehead atoms. The number of allylic oxidation sites excluding steroid dienone is 2. The summed E-state index contributed by atoms with van der Waals surface area (Å²) in [5.74, 6) is 0.202. The van der Waals surface area contributed by atoms with Crippen molar-refractivity contribution in [3.8, 4) is 22.5 Å². The molecule has 3 aromatic carbocycles. The minimum atomic E-state index is -1.65. The van der Waals surface area contributed by atoms with E-state index in [9.17, 15) is 0 Å². The van der Waals surface area contributed by atoms with Crippen LogP contribution in [0.15, 0.2) is 119 Å². The van der Waals surface area contributed by atoms with Gasteiger partial charge in [-0.2, -0.15) is 4.57 Å². The molecule has 0 saturated carbocycles. The smallest absolute Gasteiger partial charge is 0.227 e. The maximum Gasteiger partial charge on any atom is 0.227 e. The Hall–Kier alpha value is -4.87. The van der Waals surface area contributed by atoms with E-state index >= 15 is 0 Å². The first kappa shape index (κ1) is 33.3. The molecule has 0 aliphatic carbocycles. The second kappa shape index (κ2) is 12.1. The molecule has 51 heavy (non-hydrogen) atoms. The normalized spacial score (nSPS) is 17.5. The van der Waals surface area contributed by atoms with E-state index in [0.29, 0.717) is 5.71 Å². The average Bonchev–Trinajstić information content (AvgIpc) is 3.51. The number of nitrogens with zero attached hydrogens (tertiary/aromatic N) is 3. The first-order valence-corrected chi connectivity index (χ1v) is 21.9. The van der Waals surface area contributed by atoms with E-state index in [-0.39, 0.29) is 17.4 Å². The molecule has 2 aliphatic heterocycles. The van der Waals surface area contributed by atoms with Crippen molar-refractivity contribution >= 4 is 41.0 Å². The third-order valence-corrected chi connectivity index (χ3v) is 13.1. The van der Waals surface area contributed by atoms with Crippen molar-refractivity contribution in [1.29, 1.82) is 0 Å². The third kappa shape index (κ3) is 5.45. The predicted molar refractivity (Wildman–Crippen MR) is 216 cm³/mol. The summed E-state index contributed by atoms with van der Waals surface area (Å²) in [6, 6.07) is 28.5. The van der Waals surface area contributed by atoms with E-state index in [0.717, 1.165) is 63.8 Å². The molecule has 6 aromatic rings. The molecule has 4 nitrogen and oxygen atoms in total. The number of aliphatic imine (C=N–C) groups is 1. The number of benzene rings is 3. The lowest BCUT2D eigenvalue weighted by Crippen LogP contribution is -2.54. The zero-order valence-electron chi connectivity index (χ0n) is 31.1. The molecule has 3 aromatic heterocycles. The van der Waals surface area contributed by atoms with Crippen LogP contribution in [0.3, 0.4) is 0 Å². The highest BCUT2D eigenvalue weighted by molar-refractivity contribution is 6.89. The summed E-state index contributed by atoms with van der Waals surface area (Å²) in [6.45, 7) is 25.6. The van der Waals surface area contributed by atoms with Gasteiger partial charge in [0.15, 0.2) is 6.20 Å². The highest BCUT2D eigenvalue weighted by Crippen LogP contribution is 2.47. The molecule has 0 amide bonds. The van der Waals surface area contributed by atoms with Gasteiger partial charge >= 0.3 is 0 Å². The van der Waals surface area contributed by atoms with Gasteiger partial charge in [-0.3, -0.25) is 0 Å². The largest absolute Gasteiger partial charge is 0.437 e. The number of fused-ring (bicyclic) bond motifs is 11. The quantitative estimate of drug-likeness (QED) is 0.137. The molecule has 0 saturated heterocycles. The molecular formula is C46H48N3OSi+. The minimum absolute atomic E-state index is 0.0245. The minimum Gasteiger partial charge on any atom is -0.437 e. The number of hydrogen-bond donors (Lipinski definition) is 0. The van der Waals surface area contributed by atoms with E-state index in [2.05, 4.69) is 125 Å². The Labute approximate surface area is 303 Å². The van der Waals surface area contributed by atoms with Crippen LogP contribution in [-0.2, 0) is 18.3 Å². The molecular weight excluding hydrogens is 639 g/mol. The maximum atomic E-state index is 6.89. The van der Waals surface area contributed by atoms with Gasteiger partial charge in [-0.05, 0) is 71.2 Å². The summed E-state index contributed by atoms with van der Waals surface area (Å²) in [6.07, 6.45) is 7.20. The van der Waals surface area contributed by atoms with Crippen LogP contribution in [-0.4, -0.2) is 18.8 Å². The summed E-state index contributed by atoms with van der Waals surface area (Å²) in [4.78, 5) is 10.5. The van der Waals surface area contributed by atoms with Gasteiger partial charge < -0.3 is 4.42 Å². The van der Waals surface area contributed by atoms with Crippen LogP contribution < -0.4 is 9.75 Å². The van der Waals surface area contributed by atoms with E-state index in [1.165, 1.54) is 38.7 Å². The van der Waals surface area contributed by atoms with Crippen LogP contribution in [0, 0.1) is 0 Å².